The standard InChI is InChI=1S/C18H26N4O2.ClH/c1-12(19)16-7-2-3-10-22(16)17(23)13-5-4-6-15(11-13)21-18(24)20-14-8-9-14;/h4-6,11-12,14,16H,2-3,7-10,19H2,1H3,(H2,20,21,24);1H. The van der Waals surface area contributed by atoms with Gasteiger partial charge in [0, 0.05) is 35.9 Å². The zero-order chi connectivity index (χ0) is 17.1. The van der Waals surface area contributed by atoms with Crippen molar-refractivity contribution in [1.82, 2.24) is 10.2 Å². The molecule has 2 fully saturated rings. The van der Waals surface area contributed by atoms with Crippen molar-refractivity contribution in [2.75, 3.05) is 11.9 Å². The molecule has 2 unspecified atom stereocenters. The SMILES string of the molecule is CC(N)C1CCCCN1C(=O)c1cccc(NC(=O)NC2CC2)c1.Cl. The maximum absolute atomic E-state index is 12.9. The van der Waals surface area contributed by atoms with E-state index in [1.807, 2.05) is 11.8 Å². The largest absolute Gasteiger partial charge is 0.335 e. The number of carbonyl (C=O) groups is 2. The smallest absolute Gasteiger partial charge is 0.319 e. The lowest BCUT2D eigenvalue weighted by molar-refractivity contribution is 0.0584. The maximum atomic E-state index is 12.9. The predicted molar refractivity (Wildman–Crippen MR) is 101 cm³/mol. The summed E-state index contributed by atoms with van der Waals surface area (Å²) in [6.45, 7) is 2.70. The van der Waals surface area contributed by atoms with Gasteiger partial charge in [0.05, 0.1) is 0 Å². The monoisotopic (exact) mass is 366 g/mol. The van der Waals surface area contributed by atoms with Gasteiger partial charge in [-0.2, -0.15) is 0 Å². The van der Waals surface area contributed by atoms with Crippen LogP contribution in [0.3, 0.4) is 0 Å². The number of nitrogens with one attached hydrogen (secondary N) is 2. The molecule has 138 valence electrons. The van der Waals surface area contributed by atoms with Gasteiger partial charge in [0.1, 0.15) is 0 Å². The number of hydrogen-bond donors (Lipinski definition) is 3. The molecule has 4 N–H and O–H groups in total. The molecule has 7 heteroatoms. The van der Waals surface area contributed by atoms with Gasteiger partial charge < -0.3 is 21.3 Å². The van der Waals surface area contributed by atoms with Crippen LogP contribution in [-0.4, -0.2) is 41.5 Å². The molecular formula is C18H27ClN4O2. The van der Waals surface area contributed by atoms with Crippen LogP contribution in [0.15, 0.2) is 24.3 Å². The number of benzene rings is 1. The second kappa shape index (κ2) is 8.54. The minimum Gasteiger partial charge on any atom is -0.335 e. The van der Waals surface area contributed by atoms with E-state index in [0.29, 0.717) is 17.3 Å². The minimum atomic E-state index is -0.214. The Morgan fingerprint density at radius 3 is 2.68 bits per heavy atom. The Morgan fingerprint density at radius 1 is 1.24 bits per heavy atom. The van der Waals surface area contributed by atoms with Crippen LogP contribution in [0.4, 0.5) is 10.5 Å². The first-order valence-electron chi connectivity index (χ1n) is 8.79. The van der Waals surface area contributed by atoms with Gasteiger partial charge in [-0.1, -0.05) is 6.07 Å². The van der Waals surface area contributed by atoms with E-state index in [9.17, 15) is 9.59 Å². The van der Waals surface area contributed by atoms with Crippen molar-refractivity contribution in [2.24, 2.45) is 5.73 Å². The number of hydrogen-bond acceptors (Lipinski definition) is 3. The van der Waals surface area contributed by atoms with Crippen LogP contribution in [0.2, 0.25) is 0 Å². The summed E-state index contributed by atoms with van der Waals surface area (Å²) in [4.78, 5) is 26.6. The van der Waals surface area contributed by atoms with Crippen LogP contribution >= 0.6 is 12.4 Å². The highest BCUT2D eigenvalue weighted by atomic mass is 35.5. The van der Waals surface area contributed by atoms with Crippen LogP contribution in [0, 0.1) is 0 Å². The van der Waals surface area contributed by atoms with Crippen LogP contribution in [0.25, 0.3) is 0 Å². The Morgan fingerprint density at radius 2 is 2.00 bits per heavy atom. The lowest BCUT2D eigenvalue weighted by Gasteiger charge is -2.38. The zero-order valence-corrected chi connectivity index (χ0v) is 15.3. The molecule has 6 nitrogen and oxygen atoms in total. The number of anilines is 1. The van der Waals surface area contributed by atoms with Gasteiger partial charge in [0.15, 0.2) is 0 Å². The summed E-state index contributed by atoms with van der Waals surface area (Å²) < 4.78 is 0. The Bertz CT molecular complexity index is 619. The summed E-state index contributed by atoms with van der Waals surface area (Å²) in [5, 5.41) is 5.67. The average Bonchev–Trinajstić information content (AvgIpc) is 3.38. The highest BCUT2D eigenvalue weighted by Gasteiger charge is 2.30. The number of amides is 3. The zero-order valence-electron chi connectivity index (χ0n) is 14.5. The van der Waals surface area contributed by atoms with E-state index >= 15 is 0 Å². The summed E-state index contributed by atoms with van der Waals surface area (Å²) in [6.07, 6.45) is 5.15. The second-order valence-corrected chi connectivity index (χ2v) is 6.87. The number of rotatable bonds is 4. The summed E-state index contributed by atoms with van der Waals surface area (Å²) in [5.41, 5.74) is 7.28. The van der Waals surface area contributed by atoms with Crippen LogP contribution in [0.5, 0.6) is 0 Å². The number of nitrogens with two attached hydrogens (primary N) is 1. The summed E-state index contributed by atoms with van der Waals surface area (Å²) in [5.74, 6) is -0.0109. The number of urea groups is 1. The first kappa shape index (κ1) is 19.5. The van der Waals surface area contributed by atoms with Gasteiger partial charge in [0.2, 0.25) is 0 Å². The van der Waals surface area contributed by atoms with Gasteiger partial charge in [-0.15, -0.1) is 12.4 Å². The van der Waals surface area contributed by atoms with E-state index in [2.05, 4.69) is 10.6 Å². The summed E-state index contributed by atoms with van der Waals surface area (Å²) >= 11 is 0. The molecule has 0 spiro atoms. The van der Waals surface area contributed by atoms with Crippen LogP contribution in [-0.2, 0) is 0 Å². The number of halogens is 1. The van der Waals surface area contributed by atoms with E-state index < -0.39 is 0 Å². The second-order valence-electron chi connectivity index (χ2n) is 6.87. The van der Waals surface area contributed by atoms with Gasteiger partial charge in [-0.05, 0) is 57.2 Å². The number of carbonyl (C=O) groups excluding carboxylic acids is 2. The van der Waals surface area contributed by atoms with Crippen molar-refractivity contribution in [1.29, 1.82) is 0 Å². The van der Waals surface area contributed by atoms with E-state index in [-0.39, 0.29) is 36.4 Å². The average molecular weight is 367 g/mol. The molecule has 1 aliphatic heterocycles. The molecule has 25 heavy (non-hydrogen) atoms. The molecule has 1 aliphatic carbocycles. The van der Waals surface area contributed by atoms with Gasteiger partial charge in [-0.3, -0.25) is 4.79 Å². The quantitative estimate of drug-likeness (QED) is 0.765. The van der Waals surface area contributed by atoms with Gasteiger partial charge >= 0.3 is 6.03 Å². The van der Waals surface area contributed by atoms with E-state index in [1.54, 1.807) is 24.3 Å². The van der Waals surface area contributed by atoms with Crippen molar-refractivity contribution in [3.63, 3.8) is 0 Å². The van der Waals surface area contributed by atoms with E-state index in [4.69, 9.17) is 5.73 Å². The summed E-state index contributed by atoms with van der Waals surface area (Å²) in [6, 6.07) is 7.25. The molecule has 1 heterocycles. The minimum absolute atomic E-state index is 0. The molecule has 1 saturated carbocycles. The fourth-order valence-electron chi connectivity index (χ4n) is 3.23. The van der Waals surface area contributed by atoms with E-state index in [1.165, 1.54) is 0 Å². The molecule has 0 aromatic heterocycles. The van der Waals surface area contributed by atoms with Crippen LogP contribution < -0.4 is 16.4 Å². The van der Waals surface area contributed by atoms with Gasteiger partial charge in [0.25, 0.3) is 5.91 Å². The predicted octanol–water partition coefficient (Wildman–Crippen LogP) is 2.73. The molecule has 1 aromatic rings. The Kier molecular flexibility index (Phi) is 6.67. The third-order valence-electron chi connectivity index (χ3n) is 4.70. The van der Waals surface area contributed by atoms with Gasteiger partial charge in [-0.25, -0.2) is 4.79 Å². The first-order chi connectivity index (χ1) is 11.5. The number of likely N-dealkylation sites (tertiary alicyclic amines) is 1. The molecular weight excluding hydrogens is 340 g/mol. The first-order valence-corrected chi connectivity index (χ1v) is 8.79. The van der Waals surface area contributed by atoms with Crippen molar-refractivity contribution >= 4 is 30.0 Å². The molecule has 0 radical (unpaired) electrons. The fraction of sp³-hybridized carbons (Fsp3) is 0.556. The van der Waals surface area contributed by atoms with Crippen LogP contribution in [0.1, 0.15) is 49.4 Å². The normalized spacial score (nSPS) is 21.0. The Balaban J connectivity index is 0.00000225. The lowest BCUT2D eigenvalue weighted by atomic mass is 9.96. The van der Waals surface area contributed by atoms with Crippen molar-refractivity contribution in [3.05, 3.63) is 29.8 Å². The third-order valence-corrected chi connectivity index (χ3v) is 4.70. The van der Waals surface area contributed by atoms with E-state index in [0.717, 1.165) is 38.6 Å². The topological polar surface area (TPSA) is 87.5 Å². The molecule has 1 saturated heterocycles. The molecule has 2 atom stereocenters. The lowest BCUT2D eigenvalue weighted by Crippen LogP contribution is -2.51. The molecule has 1 aromatic carbocycles. The fourth-order valence-corrected chi connectivity index (χ4v) is 3.23. The van der Waals surface area contributed by atoms with Crippen molar-refractivity contribution in [3.8, 4) is 0 Å². The number of nitrogens with zero attached hydrogens (tertiary/aromatic N) is 1. The molecule has 2 aliphatic rings. The summed E-state index contributed by atoms with van der Waals surface area (Å²) in [7, 11) is 0. The Hall–Kier alpha value is -1.79. The van der Waals surface area contributed by atoms with Crippen molar-refractivity contribution < 1.29 is 9.59 Å². The molecule has 3 amide bonds. The Labute approximate surface area is 154 Å². The molecule has 3 rings (SSSR count). The molecule has 0 bridgehead atoms. The number of piperidine rings is 1. The maximum Gasteiger partial charge on any atom is 0.319 e. The third kappa shape index (κ3) is 5.09. The highest BCUT2D eigenvalue weighted by Crippen LogP contribution is 2.23. The highest BCUT2D eigenvalue weighted by molar-refractivity contribution is 5.97. The van der Waals surface area contributed by atoms with Crippen molar-refractivity contribution in [2.45, 2.75) is 57.2 Å².